The molecule has 0 aliphatic carbocycles. The maximum absolute atomic E-state index is 13.0. The number of rotatable bonds is 8. The number of fused-ring (bicyclic) bond motifs is 1. The van der Waals surface area contributed by atoms with Crippen LogP contribution in [0.5, 0.6) is 5.88 Å². The minimum atomic E-state index is -1.04. The number of aromatic nitrogens is 2. The van der Waals surface area contributed by atoms with E-state index in [1.807, 2.05) is 60.7 Å². The SMILES string of the molecule is CCC(C(=O)OCc1ccc(C)c2nc(OC)cn12)c1ccc(-c2ccccc2)c(C(=O)O)c1. The summed E-state index contributed by atoms with van der Waals surface area (Å²) < 4.78 is 12.7. The van der Waals surface area contributed by atoms with Crippen LogP contribution in [0.25, 0.3) is 16.8 Å². The molecule has 0 saturated carbocycles. The molecule has 0 spiro atoms. The predicted octanol–water partition coefficient (Wildman–Crippen LogP) is 5.25. The maximum atomic E-state index is 13.0. The molecule has 2 aromatic carbocycles. The van der Waals surface area contributed by atoms with Gasteiger partial charge in [0, 0.05) is 0 Å². The fraction of sp³-hybridized carbons (Fsp3) is 0.222. The lowest BCUT2D eigenvalue weighted by Crippen LogP contribution is -2.17. The molecule has 1 atom stereocenters. The van der Waals surface area contributed by atoms with E-state index in [0.717, 1.165) is 22.5 Å². The first-order chi connectivity index (χ1) is 16.4. The Morgan fingerprint density at radius 2 is 1.85 bits per heavy atom. The molecular formula is C27H26N2O5. The average Bonchev–Trinajstić information content (AvgIpc) is 3.30. The lowest BCUT2D eigenvalue weighted by molar-refractivity contribution is -0.147. The number of hydrogen-bond donors (Lipinski definition) is 1. The van der Waals surface area contributed by atoms with Crippen LogP contribution < -0.4 is 4.74 Å². The number of carbonyl (C=O) groups is 2. The number of aromatic carboxylic acids is 1. The van der Waals surface area contributed by atoms with Crippen molar-refractivity contribution in [2.24, 2.45) is 0 Å². The highest BCUT2D eigenvalue weighted by atomic mass is 16.5. The van der Waals surface area contributed by atoms with E-state index in [-0.39, 0.29) is 12.2 Å². The second-order valence-corrected chi connectivity index (χ2v) is 8.03. The predicted molar refractivity (Wildman–Crippen MR) is 128 cm³/mol. The zero-order valence-corrected chi connectivity index (χ0v) is 19.3. The van der Waals surface area contributed by atoms with E-state index >= 15 is 0 Å². The van der Waals surface area contributed by atoms with Crippen LogP contribution in [-0.4, -0.2) is 33.5 Å². The van der Waals surface area contributed by atoms with E-state index in [1.54, 1.807) is 31.5 Å². The molecule has 7 heteroatoms. The number of carboxylic acids is 1. The van der Waals surface area contributed by atoms with Gasteiger partial charge in [-0.25, -0.2) is 4.79 Å². The van der Waals surface area contributed by atoms with Crippen molar-refractivity contribution in [2.75, 3.05) is 7.11 Å². The normalized spacial score (nSPS) is 11.9. The first-order valence-electron chi connectivity index (χ1n) is 11.0. The van der Waals surface area contributed by atoms with Gasteiger partial charge < -0.3 is 14.6 Å². The number of nitrogens with zero attached hydrogens (tertiary/aromatic N) is 2. The Labute approximate surface area is 197 Å². The van der Waals surface area contributed by atoms with Gasteiger partial charge in [-0.05, 0) is 47.7 Å². The van der Waals surface area contributed by atoms with Crippen LogP contribution in [0.2, 0.25) is 0 Å². The van der Waals surface area contributed by atoms with Crippen molar-refractivity contribution >= 4 is 17.6 Å². The van der Waals surface area contributed by atoms with Crippen molar-refractivity contribution in [1.82, 2.24) is 9.38 Å². The molecule has 2 aromatic heterocycles. The molecule has 0 aliphatic rings. The van der Waals surface area contributed by atoms with Gasteiger partial charge in [0.25, 0.3) is 0 Å². The van der Waals surface area contributed by atoms with Crippen LogP contribution in [0.15, 0.2) is 66.9 Å². The highest BCUT2D eigenvalue weighted by Gasteiger charge is 2.23. The van der Waals surface area contributed by atoms with Crippen LogP contribution >= 0.6 is 0 Å². The summed E-state index contributed by atoms with van der Waals surface area (Å²) in [7, 11) is 1.55. The lowest BCUT2D eigenvalue weighted by Gasteiger charge is -2.17. The summed E-state index contributed by atoms with van der Waals surface area (Å²) in [4.78, 5) is 29.4. The first-order valence-corrected chi connectivity index (χ1v) is 11.0. The number of pyridine rings is 1. The summed E-state index contributed by atoms with van der Waals surface area (Å²) in [6.45, 7) is 3.88. The van der Waals surface area contributed by atoms with E-state index in [4.69, 9.17) is 9.47 Å². The van der Waals surface area contributed by atoms with E-state index in [9.17, 15) is 14.7 Å². The highest BCUT2D eigenvalue weighted by molar-refractivity contribution is 5.96. The molecule has 0 saturated heterocycles. The Morgan fingerprint density at radius 1 is 1.09 bits per heavy atom. The summed E-state index contributed by atoms with van der Waals surface area (Å²) in [6, 6.07) is 18.3. The van der Waals surface area contributed by atoms with Gasteiger partial charge in [0.15, 0.2) is 0 Å². The molecule has 0 fully saturated rings. The van der Waals surface area contributed by atoms with Gasteiger partial charge in [0.1, 0.15) is 12.3 Å². The molecule has 7 nitrogen and oxygen atoms in total. The number of carbonyl (C=O) groups excluding carboxylic acids is 1. The van der Waals surface area contributed by atoms with E-state index < -0.39 is 17.9 Å². The summed E-state index contributed by atoms with van der Waals surface area (Å²) in [5.41, 5.74) is 4.65. The van der Waals surface area contributed by atoms with Crippen molar-refractivity contribution in [1.29, 1.82) is 0 Å². The van der Waals surface area contributed by atoms with Crippen LogP contribution in [-0.2, 0) is 16.1 Å². The van der Waals surface area contributed by atoms with Crippen LogP contribution in [0.1, 0.15) is 46.4 Å². The largest absolute Gasteiger partial charge is 0.480 e. The van der Waals surface area contributed by atoms with Gasteiger partial charge in [-0.3, -0.25) is 9.20 Å². The number of methoxy groups -OCH3 is 1. The molecule has 2 heterocycles. The minimum absolute atomic E-state index is 0.0551. The molecule has 34 heavy (non-hydrogen) atoms. The third-order valence-corrected chi connectivity index (χ3v) is 5.90. The third-order valence-electron chi connectivity index (χ3n) is 5.90. The third kappa shape index (κ3) is 4.50. The maximum Gasteiger partial charge on any atom is 0.336 e. The fourth-order valence-corrected chi connectivity index (χ4v) is 4.06. The number of hydrogen-bond acceptors (Lipinski definition) is 5. The summed E-state index contributed by atoms with van der Waals surface area (Å²) in [5.74, 6) is -1.55. The van der Waals surface area contributed by atoms with Crippen molar-refractivity contribution < 1.29 is 24.2 Å². The monoisotopic (exact) mass is 458 g/mol. The number of benzene rings is 2. The van der Waals surface area contributed by atoms with Gasteiger partial charge in [-0.2, -0.15) is 4.98 Å². The molecule has 174 valence electrons. The quantitative estimate of drug-likeness (QED) is 0.363. The molecule has 0 bridgehead atoms. The molecular weight excluding hydrogens is 432 g/mol. The molecule has 4 rings (SSSR count). The number of carboxylic acid groups (broad SMARTS) is 1. The highest BCUT2D eigenvalue weighted by Crippen LogP contribution is 2.30. The first kappa shape index (κ1) is 23.0. The van der Waals surface area contributed by atoms with Crippen molar-refractivity contribution in [3.8, 4) is 17.0 Å². The molecule has 0 aliphatic heterocycles. The van der Waals surface area contributed by atoms with Gasteiger partial charge in [-0.1, -0.05) is 55.5 Å². The zero-order valence-electron chi connectivity index (χ0n) is 19.3. The standard InChI is InChI=1S/C27H26N2O5/c1-4-21(19-11-13-22(23(14-19)26(30)31)18-8-6-5-7-9-18)27(32)34-16-20-12-10-17(2)25-28-24(33-3)15-29(20)25/h5-15,21H,4,16H2,1-3H3,(H,30,31). The molecule has 1 unspecified atom stereocenters. The van der Waals surface area contributed by atoms with E-state index in [0.29, 0.717) is 23.4 Å². The number of imidazole rings is 1. The van der Waals surface area contributed by atoms with Crippen molar-refractivity contribution in [3.05, 3.63) is 89.2 Å². The Kier molecular flexibility index (Phi) is 6.63. The Morgan fingerprint density at radius 3 is 2.53 bits per heavy atom. The summed E-state index contributed by atoms with van der Waals surface area (Å²) in [6.07, 6.45) is 2.23. The second kappa shape index (κ2) is 9.79. The van der Waals surface area contributed by atoms with Crippen LogP contribution in [0.4, 0.5) is 0 Å². The summed E-state index contributed by atoms with van der Waals surface area (Å²) >= 11 is 0. The van der Waals surface area contributed by atoms with Crippen molar-refractivity contribution in [3.63, 3.8) is 0 Å². The Balaban J connectivity index is 1.58. The molecule has 0 amide bonds. The number of ether oxygens (including phenoxy) is 2. The fourth-order valence-electron chi connectivity index (χ4n) is 4.06. The van der Waals surface area contributed by atoms with Gasteiger partial charge in [0.2, 0.25) is 5.88 Å². The van der Waals surface area contributed by atoms with Gasteiger partial charge in [-0.15, -0.1) is 0 Å². The second-order valence-electron chi connectivity index (χ2n) is 8.03. The zero-order chi connectivity index (χ0) is 24.2. The van der Waals surface area contributed by atoms with Gasteiger partial charge >= 0.3 is 11.9 Å². The average molecular weight is 459 g/mol. The van der Waals surface area contributed by atoms with Crippen LogP contribution in [0.3, 0.4) is 0 Å². The Hall–Kier alpha value is -4.13. The van der Waals surface area contributed by atoms with E-state index in [2.05, 4.69) is 4.98 Å². The topological polar surface area (TPSA) is 90.1 Å². The van der Waals surface area contributed by atoms with E-state index in [1.165, 1.54) is 0 Å². The molecule has 4 aromatic rings. The number of aryl methyl sites for hydroxylation is 1. The molecule has 1 N–H and O–H groups in total. The van der Waals surface area contributed by atoms with Crippen LogP contribution in [0, 0.1) is 6.92 Å². The van der Waals surface area contributed by atoms with Gasteiger partial charge in [0.05, 0.1) is 30.5 Å². The summed E-state index contributed by atoms with van der Waals surface area (Å²) in [5, 5.41) is 9.81. The Bertz CT molecular complexity index is 1340. The van der Waals surface area contributed by atoms with Crippen molar-refractivity contribution in [2.45, 2.75) is 32.8 Å². The molecule has 0 radical (unpaired) electrons. The smallest absolute Gasteiger partial charge is 0.336 e. The lowest BCUT2D eigenvalue weighted by atomic mass is 9.91. The minimum Gasteiger partial charge on any atom is -0.480 e. The number of esters is 1.